The fraction of sp³-hybridized carbons (Fsp3) is 0.417. The minimum Gasteiger partial charge on any atom is -0.326 e. The van der Waals surface area contributed by atoms with Crippen LogP contribution in [0.15, 0.2) is 35.2 Å². The summed E-state index contributed by atoms with van der Waals surface area (Å²) in [6.45, 7) is 2.56. The molecule has 0 aromatic heterocycles. The molecule has 1 fully saturated rings. The molecule has 86 valence electrons. The Morgan fingerprint density at radius 2 is 2.00 bits per heavy atom. The van der Waals surface area contributed by atoms with E-state index < -0.39 is 0 Å². The summed E-state index contributed by atoms with van der Waals surface area (Å²) in [5.41, 5.74) is 0. The summed E-state index contributed by atoms with van der Waals surface area (Å²) < 4.78 is 0. The average molecular weight is 236 g/mol. The molecule has 0 aliphatic carbocycles. The van der Waals surface area contributed by atoms with Crippen molar-refractivity contribution < 1.29 is 4.79 Å². The number of carbonyl (C=O) groups is 1. The van der Waals surface area contributed by atoms with Gasteiger partial charge in [-0.25, -0.2) is 4.79 Å². The second kappa shape index (κ2) is 5.25. The van der Waals surface area contributed by atoms with Crippen molar-refractivity contribution in [3.63, 3.8) is 0 Å². The van der Waals surface area contributed by atoms with Crippen LogP contribution >= 0.6 is 11.8 Å². The smallest absolute Gasteiger partial charge is 0.319 e. The van der Waals surface area contributed by atoms with E-state index in [-0.39, 0.29) is 6.03 Å². The molecule has 0 bridgehead atoms. The van der Waals surface area contributed by atoms with Crippen molar-refractivity contribution in [1.82, 2.24) is 9.80 Å². The van der Waals surface area contributed by atoms with E-state index in [0.29, 0.717) is 0 Å². The van der Waals surface area contributed by atoms with E-state index in [1.807, 2.05) is 30.1 Å². The molecule has 1 aromatic carbocycles. The summed E-state index contributed by atoms with van der Waals surface area (Å²) in [7, 11) is 1.85. The number of thioether (sulfide) groups is 1. The van der Waals surface area contributed by atoms with E-state index in [0.717, 1.165) is 25.4 Å². The number of amides is 2. The van der Waals surface area contributed by atoms with Crippen LogP contribution in [0.5, 0.6) is 0 Å². The molecule has 1 aliphatic rings. The van der Waals surface area contributed by atoms with Crippen LogP contribution in [0.4, 0.5) is 4.79 Å². The SMILES string of the molecule is CN1CCN(CCSc2ccccc2)C1=O. The Morgan fingerprint density at radius 1 is 1.25 bits per heavy atom. The van der Waals surface area contributed by atoms with Crippen molar-refractivity contribution in [2.24, 2.45) is 0 Å². The molecule has 0 radical (unpaired) electrons. The summed E-state index contributed by atoms with van der Waals surface area (Å²) in [5, 5.41) is 0. The molecule has 0 unspecified atom stereocenters. The summed E-state index contributed by atoms with van der Waals surface area (Å²) >= 11 is 1.80. The normalized spacial score (nSPS) is 15.9. The average Bonchev–Trinajstić information content (AvgIpc) is 2.62. The third-order valence-electron chi connectivity index (χ3n) is 2.68. The third-order valence-corrected chi connectivity index (χ3v) is 3.67. The monoisotopic (exact) mass is 236 g/mol. The second-order valence-corrected chi connectivity index (χ2v) is 5.02. The molecular formula is C12H16N2OS. The molecule has 1 aliphatic heterocycles. The first kappa shape index (κ1) is 11.3. The van der Waals surface area contributed by atoms with Crippen LogP contribution in [0.1, 0.15) is 0 Å². The summed E-state index contributed by atoms with van der Waals surface area (Å²) in [5.74, 6) is 0.962. The van der Waals surface area contributed by atoms with Crippen molar-refractivity contribution in [1.29, 1.82) is 0 Å². The lowest BCUT2D eigenvalue weighted by Crippen LogP contribution is -2.31. The van der Waals surface area contributed by atoms with Crippen LogP contribution in [-0.4, -0.2) is 48.3 Å². The van der Waals surface area contributed by atoms with Gasteiger partial charge >= 0.3 is 6.03 Å². The first-order valence-electron chi connectivity index (χ1n) is 5.45. The number of benzene rings is 1. The van der Waals surface area contributed by atoms with Crippen LogP contribution in [0, 0.1) is 0 Å². The fourth-order valence-corrected chi connectivity index (χ4v) is 2.60. The Morgan fingerprint density at radius 3 is 2.62 bits per heavy atom. The van der Waals surface area contributed by atoms with Crippen molar-refractivity contribution in [3.05, 3.63) is 30.3 Å². The largest absolute Gasteiger partial charge is 0.326 e. The Bertz CT molecular complexity index is 355. The van der Waals surface area contributed by atoms with Crippen LogP contribution in [0.3, 0.4) is 0 Å². The van der Waals surface area contributed by atoms with Gasteiger partial charge in [-0.05, 0) is 12.1 Å². The Balaban J connectivity index is 1.75. The number of carbonyl (C=O) groups excluding carboxylic acids is 1. The number of nitrogens with zero attached hydrogens (tertiary/aromatic N) is 2. The van der Waals surface area contributed by atoms with Crippen molar-refractivity contribution >= 4 is 17.8 Å². The lowest BCUT2D eigenvalue weighted by Gasteiger charge is -2.15. The number of urea groups is 1. The number of rotatable bonds is 4. The maximum Gasteiger partial charge on any atom is 0.319 e. The van der Waals surface area contributed by atoms with Gasteiger partial charge in [0.25, 0.3) is 0 Å². The molecule has 0 saturated carbocycles. The van der Waals surface area contributed by atoms with E-state index in [9.17, 15) is 4.79 Å². The van der Waals surface area contributed by atoms with Gasteiger partial charge in [-0.15, -0.1) is 11.8 Å². The van der Waals surface area contributed by atoms with E-state index in [2.05, 4.69) is 12.1 Å². The van der Waals surface area contributed by atoms with Crippen LogP contribution in [0.2, 0.25) is 0 Å². The molecule has 0 N–H and O–H groups in total. The van der Waals surface area contributed by atoms with Crippen molar-refractivity contribution in [3.8, 4) is 0 Å². The van der Waals surface area contributed by atoms with Crippen LogP contribution < -0.4 is 0 Å². The van der Waals surface area contributed by atoms with Gasteiger partial charge in [0, 0.05) is 37.3 Å². The molecule has 2 amide bonds. The van der Waals surface area contributed by atoms with Gasteiger partial charge in [-0.1, -0.05) is 18.2 Å². The Kier molecular flexibility index (Phi) is 3.72. The highest BCUT2D eigenvalue weighted by Crippen LogP contribution is 2.17. The molecule has 3 nitrogen and oxygen atoms in total. The van der Waals surface area contributed by atoms with E-state index in [4.69, 9.17) is 0 Å². The van der Waals surface area contributed by atoms with Gasteiger partial charge in [0.1, 0.15) is 0 Å². The van der Waals surface area contributed by atoms with E-state index >= 15 is 0 Å². The minimum absolute atomic E-state index is 0.161. The highest BCUT2D eigenvalue weighted by molar-refractivity contribution is 7.99. The molecule has 1 heterocycles. The zero-order valence-electron chi connectivity index (χ0n) is 9.43. The fourth-order valence-electron chi connectivity index (χ4n) is 1.70. The van der Waals surface area contributed by atoms with Gasteiger partial charge < -0.3 is 9.80 Å². The molecular weight excluding hydrogens is 220 g/mol. The molecule has 2 rings (SSSR count). The summed E-state index contributed by atoms with van der Waals surface area (Å²) in [6, 6.07) is 10.5. The van der Waals surface area contributed by atoms with Crippen molar-refractivity contribution in [2.45, 2.75) is 4.90 Å². The molecule has 4 heteroatoms. The predicted octanol–water partition coefficient (Wildman–Crippen LogP) is 2.15. The maximum atomic E-state index is 11.6. The van der Waals surface area contributed by atoms with Gasteiger partial charge in [0.15, 0.2) is 0 Å². The predicted molar refractivity (Wildman–Crippen MR) is 66.8 cm³/mol. The zero-order valence-corrected chi connectivity index (χ0v) is 10.2. The summed E-state index contributed by atoms with van der Waals surface area (Å²) in [4.78, 5) is 16.5. The van der Waals surface area contributed by atoms with Gasteiger partial charge in [-0.3, -0.25) is 0 Å². The molecule has 16 heavy (non-hydrogen) atoms. The Labute approximate surface area is 100 Å². The first-order valence-corrected chi connectivity index (χ1v) is 6.44. The number of hydrogen-bond donors (Lipinski definition) is 0. The Hall–Kier alpha value is -1.16. The highest BCUT2D eigenvalue weighted by Gasteiger charge is 2.24. The van der Waals surface area contributed by atoms with Crippen LogP contribution in [0.25, 0.3) is 0 Å². The molecule has 1 saturated heterocycles. The minimum atomic E-state index is 0.161. The quantitative estimate of drug-likeness (QED) is 0.748. The molecule has 1 aromatic rings. The summed E-state index contributed by atoms with van der Waals surface area (Å²) in [6.07, 6.45) is 0. The molecule has 0 spiro atoms. The van der Waals surface area contributed by atoms with E-state index in [1.165, 1.54) is 4.90 Å². The number of hydrogen-bond acceptors (Lipinski definition) is 2. The standard InChI is InChI=1S/C12H16N2OS/c1-13-7-8-14(12(13)15)9-10-16-11-5-3-2-4-6-11/h2-6H,7-10H2,1H3. The maximum absolute atomic E-state index is 11.6. The second-order valence-electron chi connectivity index (χ2n) is 3.85. The lowest BCUT2D eigenvalue weighted by atomic mass is 10.4. The third kappa shape index (κ3) is 2.70. The topological polar surface area (TPSA) is 23.6 Å². The van der Waals surface area contributed by atoms with Gasteiger partial charge in [0.05, 0.1) is 0 Å². The zero-order chi connectivity index (χ0) is 11.4. The molecule has 0 atom stereocenters. The van der Waals surface area contributed by atoms with Gasteiger partial charge in [-0.2, -0.15) is 0 Å². The van der Waals surface area contributed by atoms with Crippen molar-refractivity contribution in [2.75, 3.05) is 32.4 Å². The number of likely N-dealkylation sites (N-methyl/N-ethyl adjacent to an activating group) is 1. The lowest BCUT2D eigenvalue weighted by molar-refractivity contribution is 0.201. The van der Waals surface area contributed by atoms with Gasteiger partial charge in [0.2, 0.25) is 0 Å². The first-order chi connectivity index (χ1) is 7.77. The van der Waals surface area contributed by atoms with E-state index in [1.54, 1.807) is 16.7 Å². The highest BCUT2D eigenvalue weighted by atomic mass is 32.2. The van der Waals surface area contributed by atoms with Crippen LogP contribution in [-0.2, 0) is 0 Å².